The van der Waals surface area contributed by atoms with Crippen LogP contribution in [0.5, 0.6) is 0 Å². The Morgan fingerprint density at radius 3 is 3.00 bits per heavy atom. The van der Waals surface area contributed by atoms with Gasteiger partial charge >= 0.3 is 0 Å². The number of hydrogen-bond acceptors (Lipinski definition) is 2. The van der Waals surface area contributed by atoms with Gasteiger partial charge in [-0.2, -0.15) is 0 Å². The minimum absolute atomic E-state index is 0.0434. The van der Waals surface area contributed by atoms with Crippen LogP contribution in [0.2, 0.25) is 0 Å². The van der Waals surface area contributed by atoms with Crippen LogP contribution in [-0.4, -0.2) is 16.8 Å². The number of rotatable bonds is 4. The van der Waals surface area contributed by atoms with Gasteiger partial charge in [0.05, 0.1) is 11.7 Å². The number of carbonyl (C=O) groups excluding carboxylic acids is 1. The first-order chi connectivity index (χ1) is 6.74. The maximum absolute atomic E-state index is 11.2. The Labute approximate surface area is 88.5 Å². The average molecular weight is 213 g/mol. The highest BCUT2D eigenvalue weighted by molar-refractivity contribution is 6.18. The fraction of sp³-hybridized carbons (Fsp3) is 0.400. The quantitative estimate of drug-likeness (QED) is 0.775. The van der Waals surface area contributed by atoms with Gasteiger partial charge in [0.2, 0.25) is 5.91 Å². The number of aromatic nitrogens is 1. The minimum atomic E-state index is -0.0630. The molecular weight excluding hydrogens is 200 g/mol. The van der Waals surface area contributed by atoms with E-state index < -0.39 is 0 Å². The molecule has 14 heavy (non-hydrogen) atoms. The Morgan fingerprint density at radius 2 is 2.43 bits per heavy atom. The summed E-state index contributed by atoms with van der Waals surface area (Å²) in [5.41, 5.74) is 0.857. The molecule has 0 aromatic carbocycles. The molecule has 0 fully saturated rings. The topological polar surface area (TPSA) is 42.0 Å². The second-order valence-electron chi connectivity index (χ2n) is 2.98. The van der Waals surface area contributed by atoms with Crippen LogP contribution in [0.3, 0.4) is 0 Å². The Hall–Kier alpha value is -1.09. The molecular formula is C10H13ClN2O. The lowest BCUT2D eigenvalue weighted by Gasteiger charge is -2.12. The van der Waals surface area contributed by atoms with Crippen molar-refractivity contribution >= 4 is 17.5 Å². The van der Waals surface area contributed by atoms with Crippen LogP contribution in [0, 0.1) is 0 Å². The molecule has 1 aromatic rings. The summed E-state index contributed by atoms with van der Waals surface area (Å²) in [4.78, 5) is 15.3. The lowest BCUT2D eigenvalue weighted by atomic mass is 10.2. The molecule has 0 aliphatic carbocycles. The van der Waals surface area contributed by atoms with Crippen molar-refractivity contribution in [3.8, 4) is 0 Å². The lowest BCUT2D eigenvalue weighted by molar-refractivity contribution is -0.121. The molecule has 0 radical (unpaired) electrons. The van der Waals surface area contributed by atoms with E-state index in [1.54, 1.807) is 6.20 Å². The second kappa shape index (κ2) is 5.60. The van der Waals surface area contributed by atoms with Crippen LogP contribution < -0.4 is 5.32 Å². The summed E-state index contributed by atoms with van der Waals surface area (Å²) in [6.45, 7) is 1.90. The van der Waals surface area contributed by atoms with E-state index in [9.17, 15) is 4.79 Å². The zero-order valence-corrected chi connectivity index (χ0v) is 8.79. The summed E-state index contributed by atoms with van der Waals surface area (Å²) in [5.74, 6) is 0.305. The average Bonchev–Trinajstić information content (AvgIpc) is 2.19. The molecule has 0 saturated heterocycles. The van der Waals surface area contributed by atoms with Crippen molar-refractivity contribution in [1.29, 1.82) is 0 Å². The number of amides is 1. The van der Waals surface area contributed by atoms with E-state index in [2.05, 4.69) is 10.3 Å². The molecule has 0 saturated carbocycles. The number of carbonyl (C=O) groups is 1. The maximum atomic E-state index is 11.2. The summed E-state index contributed by atoms with van der Waals surface area (Å²) in [5, 5.41) is 2.81. The third-order valence-corrected chi connectivity index (χ3v) is 2.02. The molecule has 1 aromatic heterocycles. The summed E-state index contributed by atoms with van der Waals surface area (Å²) < 4.78 is 0. The molecule has 0 bridgehead atoms. The van der Waals surface area contributed by atoms with Crippen molar-refractivity contribution in [2.24, 2.45) is 0 Å². The molecule has 76 valence electrons. The smallest absolute Gasteiger partial charge is 0.221 e. The summed E-state index contributed by atoms with van der Waals surface area (Å²) in [6, 6.07) is 5.56. The van der Waals surface area contributed by atoms with Crippen molar-refractivity contribution in [3.63, 3.8) is 0 Å². The van der Waals surface area contributed by atoms with Crippen LogP contribution >= 0.6 is 11.6 Å². The van der Waals surface area contributed by atoms with Gasteiger partial charge in [-0.05, 0) is 19.1 Å². The Kier molecular flexibility index (Phi) is 4.40. The van der Waals surface area contributed by atoms with Gasteiger partial charge in [-0.15, -0.1) is 11.6 Å². The van der Waals surface area contributed by atoms with Crippen LogP contribution in [0.15, 0.2) is 24.4 Å². The highest BCUT2D eigenvalue weighted by Crippen LogP contribution is 2.07. The van der Waals surface area contributed by atoms with Gasteiger partial charge in [0, 0.05) is 18.5 Å². The van der Waals surface area contributed by atoms with E-state index >= 15 is 0 Å². The Bertz CT molecular complexity index is 289. The van der Waals surface area contributed by atoms with E-state index in [1.165, 1.54) is 0 Å². The van der Waals surface area contributed by atoms with Gasteiger partial charge in [0.1, 0.15) is 0 Å². The molecule has 1 heterocycles. The molecule has 3 nitrogen and oxygen atoms in total. The Morgan fingerprint density at radius 1 is 1.64 bits per heavy atom. The predicted octanol–water partition coefficient (Wildman–Crippen LogP) is 1.89. The molecule has 1 atom stereocenters. The second-order valence-corrected chi connectivity index (χ2v) is 3.36. The molecule has 0 aliphatic rings. The molecule has 0 aliphatic heterocycles. The van der Waals surface area contributed by atoms with Crippen LogP contribution in [0.25, 0.3) is 0 Å². The monoisotopic (exact) mass is 212 g/mol. The van der Waals surface area contributed by atoms with Crippen molar-refractivity contribution in [3.05, 3.63) is 30.1 Å². The van der Waals surface area contributed by atoms with E-state index in [1.807, 2.05) is 25.1 Å². The van der Waals surface area contributed by atoms with Crippen LogP contribution in [0.1, 0.15) is 25.1 Å². The fourth-order valence-corrected chi connectivity index (χ4v) is 1.28. The summed E-state index contributed by atoms with van der Waals surface area (Å²) >= 11 is 5.45. The molecule has 0 spiro atoms. The van der Waals surface area contributed by atoms with Crippen molar-refractivity contribution in [1.82, 2.24) is 10.3 Å². The highest BCUT2D eigenvalue weighted by Gasteiger charge is 2.08. The third-order valence-electron chi connectivity index (χ3n) is 1.83. The number of nitrogens with one attached hydrogen (secondary N) is 1. The standard InChI is InChI=1S/C10H13ClN2O/c1-8(13-10(14)5-6-11)9-4-2-3-7-12-9/h2-4,7-8H,5-6H2,1H3,(H,13,14)/t8-/m0/s1. The van der Waals surface area contributed by atoms with Gasteiger partial charge in [-0.1, -0.05) is 6.07 Å². The summed E-state index contributed by atoms with van der Waals surface area (Å²) in [7, 11) is 0. The zero-order chi connectivity index (χ0) is 10.4. The first-order valence-electron chi connectivity index (χ1n) is 4.50. The van der Waals surface area contributed by atoms with E-state index in [0.717, 1.165) is 5.69 Å². The number of halogens is 1. The largest absolute Gasteiger partial charge is 0.348 e. The van der Waals surface area contributed by atoms with Gasteiger partial charge in [-0.25, -0.2) is 0 Å². The molecule has 1 amide bonds. The van der Waals surface area contributed by atoms with Gasteiger partial charge in [0.15, 0.2) is 0 Å². The lowest BCUT2D eigenvalue weighted by Crippen LogP contribution is -2.27. The number of hydrogen-bond donors (Lipinski definition) is 1. The van der Waals surface area contributed by atoms with Crippen molar-refractivity contribution in [2.75, 3.05) is 5.88 Å². The minimum Gasteiger partial charge on any atom is -0.348 e. The molecule has 1 rings (SSSR count). The fourth-order valence-electron chi connectivity index (χ4n) is 1.11. The van der Waals surface area contributed by atoms with E-state index in [4.69, 9.17) is 11.6 Å². The van der Waals surface area contributed by atoms with E-state index in [0.29, 0.717) is 12.3 Å². The molecule has 4 heteroatoms. The first kappa shape index (κ1) is 11.0. The molecule has 0 unspecified atom stereocenters. The van der Waals surface area contributed by atoms with Crippen molar-refractivity contribution < 1.29 is 4.79 Å². The number of alkyl halides is 1. The van der Waals surface area contributed by atoms with Crippen LogP contribution in [-0.2, 0) is 4.79 Å². The normalized spacial score (nSPS) is 12.1. The van der Waals surface area contributed by atoms with Crippen molar-refractivity contribution in [2.45, 2.75) is 19.4 Å². The Balaban J connectivity index is 2.50. The van der Waals surface area contributed by atoms with Crippen LogP contribution in [0.4, 0.5) is 0 Å². The number of pyridine rings is 1. The molecule has 1 N–H and O–H groups in total. The van der Waals surface area contributed by atoms with Gasteiger partial charge in [0.25, 0.3) is 0 Å². The first-order valence-corrected chi connectivity index (χ1v) is 5.03. The zero-order valence-electron chi connectivity index (χ0n) is 8.03. The maximum Gasteiger partial charge on any atom is 0.221 e. The number of nitrogens with zero attached hydrogens (tertiary/aromatic N) is 1. The summed E-state index contributed by atoms with van der Waals surface area (Å²) in [6.07, 6.45) is 2.05. The van der Waals surface area contributed by atoms with Gasteiger partial charge in [-0.3, -0.25) is 9.78 Å². The predicted molar refractivity (Wildman–Crippen MR) is 56.1 cm³/mol. The van der Waals surface area contributed by atoms with E-state index in [-0.39, 0.29) is 11.9 Å². The third kappa shape index (κ3) is 3.34. The SMILES string of the molecule is C[C@H](NC(=O)CCCl)c1ccccn1. The van der Waals surface area contributed by atoms with Gasteiger partial charge < -0.3 is 5.32 Å². The highest BCUT2D eigenvalue weighted by atomic mass is 35.5.